The van der Waals surface area contributed by atoms with Crippen LogP contribution in [-0.4, -0.2) is 43.0 Å². The first-order chi connectivity index (χ1) is 22.0. The van der Waals surface area contributed by atoms with Gasteiger partial charge in [0.15, 0.2) is 0 Å². The number of methoxy groups -OCH3 is 1. The van der Waals surface area contributed by atoms with Crippen LogP contribution >= 0.6 is 0 Å². The number of aromatic carboxylic acids is 1. The van der Waals surface area contributed by atoms with Gasteiger partial charge >= 0.3 is 11.9 Å². The normalized spacial score (nSPS) is 15.8. The molecule has 2 aromatic carbocycles. The molecule has 0 unspecified atom stereocenters. The van der Waals surface area contributed by atoms with Gasteiger partial charge in [0.1, 0.15) is 0 Å². The van der Waals surface area contributed by atoms with Crippen molar-refractivity contribution in [1.82, 2.24) is 0 Å². The van der Waals surface area contributed by atoms with Gasteiger partial charge in [-0.1, -0.05) is 110 Å². The summed E-state index contributed by atoms with van der Waals surface area (Å²) in [6.07, 6.45) is 21.0. The summed E-state index contributed by atoms with van der Waals surface area (Å²) in [5.74, 6) is -1.25. The Morgan fingerprint density at radius 3 is 2.30 bits per heavy atom. The zero-order chi connectivity index (χ0) is 33.7. The number of rotatable bonds is 16. The second kappa shape index (κ2) is 16.9. The number of carboxylic acids is 1. The van der Waals surface area contributed by atoms with E-state index in [1.807, 2.05) is 54.6 Å². The number of carbonyl (C=O) groups is 2. The summed E-state index contributed by atoms with van der Waals surface area (Å²) in [5.41, 5.74) is 5.38. The van der Waals surface area contributed by atoms with Crippen molar-refractivity contribution in [1.29, 1.82) is 0 Å². The smallest absolute Gasteiger partial charge is 0.337 e. The predicted molar refractivity (Wildman–Crippen MR) is 191 cm³/mol. The molecule has 1 aliphatic rings. The molecule has 0 aliphatic carbocycles. The van der Waals surface area contributed by atoms with Gasteiger partial charge in [-0.2, -0.15) is 0 Å². The SMILES string of the molecule is CCCCC\N=C(/C=C/C=C/C=C/C=C1/N(CCCCC)c2ccc(C(=O)O)cc2C1(C)C)C(C)(C)c1cccc(C(=O)OC)c1. The van der Waals surface area contributed by atoms with Crippen molar-refractivity contribution >= 4 is 23.3 Å². The van der Waals surface area contributed by atoms with Crippen molar-refractivity contribution in [3.8, 4) is 0 Å². The molecule has 0 radical (unpaired) electrons. The molecule has 46 heavy (non-hydrogen) atoms. The Balaban J connectivity index is 1.83. The monoisotopic (exact) mass is 624 g/mol. The van der Waals surface area contributed by atoms with Crippen molar-refractivity contribution in [2.75, 3.05) is 25.1 Å². The molecule has 3 rings (SSSR count). The second-order valence-corrected chi connectivity index (χ2v) is 12.9. The van der Waals surface area contributed by atoms with Crippen LogP contribution in [0.5, 0.6) is 0 Å². The Morgan fingerprint density at radius 1 is 0.913 bits per heavy atom. The van der Waals surface area contributed by atoms with E-state index >= 15 is 0 Å². The maximum atomic E-state index is 12.2. The van der Waals surface area contributed by atoms with Gasteiger partial charge < -0.3 is 14.7 Å². The van der Waals surface area contributed by atoms with E-state index in [2.05, 4.69) is 64.7 Å². The van der Waals surface area contributed by atoms with Crippen LogP contribution in [0.1, 0.15) is 112 Å². The van der Waals surface area contributed by atoms with Crippen LogP contribution in [0.3, 0.4) is 0 Å². The summed E-state index contributed by atoms with van der Waals surface area (Å²) in [4.78, 5) is 31.2. The first kappa shape index (κ1) is 36.3. The number of hydrogen-bond acceptors (Lipinski definition) is 5. The third kappa shape index (κ3) is 8.96. The molecule has 0 spiro atoms. The van der Waals surface area contributed by atoms with Crippen LogP contribution < -0.4 is 4.90 Å². The minimum Gasteiger partial charge on any atom is -0.478 e. The largest absolute Gasteiger partial charge is 0.478 e. The highest BCUT2D eigenvalue weighted by molar-refractivity contribution is 6.03. The van der Waals surface area contributed by atoms with E-state index in [9.17, 15) is 14.7 Å². The molecule has 0 bridgehead atoms. The van der Waals surface area contributed by atoms with Gasteiger partial charge in [-0.05, 0) is 66.5 Å². The molecule has 1 N–H and O–H groups in total. The first-order valence-electron chi connectivity index (χ1n) is 16.6. The zero-order valence-electron chi connectivity index (χ0n) is 28.8. The van der Waals surface area contributed by atoms with Crippen molar-refractivity contribution in [3.05, 3.63) is 113 Å². The minimum absolute atomic E-state index is 0.319. The lowest BCUT2D eigenvalue weighted by Crippen LogP contribution is -2.28. The standard InChI is InChI=1S/C40H52N2O4/c1-8-10-17-26-41-35(39(3,4)32-21-19-20-31(28-32)38(45)46-7)22-15-13-12-14-16-23-36-40(5,6)33-29-30(37(43)44)24-25-34(33)42(36)27-18-11-9-2/h12-16,19-25,28-29H,8-11,17-18,26-27H2,1-7H3,(H,43,44)/b13-12+,16-14+,22-15+,36-23+,41-35+. The van der Waals surface area contributed by atoms with Crippen molar-refractivity contribution in [2.24, 2.45) is 4.99 Å². The Kier molecular flexibility index (Phi) is 13.4. The fraction of sp³-hybridized carbons (Fsp3) is 0.425. The van der Waals surface area contributed by atoms with Gasteiger partial charge in [0.05, 0.1) is 18.2 Å². The number of aliphatic imine (C=N–C) groups is 1. The summed E-state index contributed by atoms with van der Waals surface area (Å²) in [6.45, 7) is 14.6. The van der Waals surface area contributed by atoms with Crippen LogP contribution in [0, 0.1) is 0 Å². The molecule has 0 atom stereocenters. The van der Waals surface area contributed by atoms with Crippen LogP contribution in [0.25, 0.3) is 0 Å². The van der Waals surface area contributed by atoms with E-state index in [1.54, 1.807) is 12.1 Å². The summed E-state index contributed by atoms with van der Waals surface area (Å²) >= 11 is 0. The van der Waals surface area contributed by atoms with E-state index < -0.39 is 11.4 Å². The summed E-state index contributed by atoms with van der Waals surface area (Å²) in [7, 11) is 1.40. The van der Waals surface area contributed by atoms with Crippen molar-refractivity contribution in [3.63, 3.8) is 0 Å². The molecular weight excluding hydrogens is 572 g/mol. The van der Waals surface area contributed by atoms with Crippen LogP contribution in [-0.2, 0) is 15.6 Å². The van der Waals surface area contributed by atoms with Gasteiger partial charge in [0, 0.05) is 41.0 Å². The summed E-state index contributed by atoms with van der Waals surface area (Å²) < 4.78 is 4.94. The third-order valence-corrected chi connectivity index (χ3v) is 8.77. The molecule has 6 nitrogen and oxygen atoms in total. The Hall–Kier alpha value is -4.19. The van der Waals surface area contributed by atoms with E-state index in [1.165, 1.54) is 12.8 Å². The fourth-order valence-electron chi connectivity index (χ4n) is 5.88. The number of benzene rings is 2. The zero-order valence-corrected chi connectivity index (χ0v) is 28.8. The molecule has 2 aromatic rings. The Labute approximate surface area is 276 Å². The van der Waals surface area contributed by atoms with Gasteiger partial charge in [-0.15, -0.1) is 0 Å². The number of carboxylic acid groups (broad SMARTS) is 1. The lowest BCUT2D eigenvalue weighted by atomic mass is 9.79. The quantitative estimate of drug-likeness (QED) is 0.0871. The molecule has 246 valence electrons. The molecule has 1 aliphatic heterocycles. The number of hydrogen-bond donors (Lipinski definition) is 1. The second-order valence-electron chi connectivity index (χ2n) is 12.9. The van der Waals surface area contributed by atoms with Gasteiger partial charge in [-0.25, -0.2) is 9.59 Å². The highest BCUT2D eigenvalue weighted by atomic mass is 16.5. The van der Waals surface area contributed by atoms with Gasteiger partial charge in [-0.3, -0.25) is 4.99 Å². The van der Waals surface area contributed by atoms with Gasteiger partial charge in [0.25, 0.3) is 0 Å². The minimum atomic E-state index is -0.904. The fourth-order valence-corrected chi connectivity index (χ4v) is 5.88. The molecular formula is C40H52N2O4. The lowest BCUT2D eigenvalue weighted by molar-refractivity contribution is 0.0599. The topological polar surface area (TPSA) is 79.2 Å². The molecule has 0 aromatic heterocycles. The van der Waals surface area contributed by atoms with Crippen molar-refractivity contribution < 1.29 is 19.4 Å². The number of allylic oxidation sites excluding steroid dienone is 8. The van der Waals surface area contributed by atoms with E-state index in [4.69, 9.17) is 9.73 Å². The molecule has 0 saturated heterocycles. The number of nitrogens with zero attached hydrogens (tertiary/aromatic N) is 2. The number of anilines is 1. The number of unbranched alkanes of at least 4 members (excludes halogenated alkanes) is 4. The maximum Gasteiger partial charge on any atom is 0.337 e. The van der Waals surface area contributed by atoms with E-state index in [0.29, 0.717) is 11.1 Å². The Morgan fingerprint density at radius 2 is 1.61 bits per heavy atom. The maximum absolute atomic E-state index is 12.2. The number of carbonyl (C=O) groups excluding carboxylic acids is 1. The molecule has 6 heteroatoms. The molecule has 0 fully saturated rings. The summed E-state index contributed by atoms with van der Waals surface area (Å²) in [5, 5.41) is 9.60. The first-order valence-corrected chi connectivity index (χ1v) is 16.6. The highest BCUT2D eigenvalue weighted by Gasteiger charge is 2.40. The van der Waals surface area contributed by atoms with E-state index in [-0.39, 0.29) is 11.4 Å². The van der Waals surface area contributed by atoms with Crippen LogP contribution in [0.4, 0.5) is 5.69 Å². The molecule has 1 heterocycles. The number of esters is 1. The predicted octanol–water partition coefficient (Wildman–Crippen LogP) is 9.62. The average Bonchev–Trinajstić information content (AvgIpc) is 3.25. The van der Waals surface area contributed by atoms with Crippen LogP contribution in [0.2, 0.25) is 0 Å². The summed E-state index contributed by atoms with van der Waals surface area (Å²) in [6, 6.07) is 13.1. The van der Waals surface area contributed by atoms with E-state index in [0.717, 1.165) is 74.1 Å². The number of fused-ring (bicyclic) bond motifs is 1. The van der Waals surface area contributed by atoms with Crippen LogP contribution in [0.15, 0.2) is 95.7 Å². The third-order valence-electron chi connectivity index (χ3n) is 8.77. The Bertz CT molecular complexity index is 1510. The van der Waals surface area contributed by atoms with Crippen molar-refractivity contribution in [2.45, 2.75) is 90.9 Å². The number of ether oxygens (including phenoxy) is 1. The highest BCUT2D eigenvalue weighted by Crippen LogP contribution is 2.48. The average molecular weight is 625 g/mol. The van der Waals surface area contributed by atoms with Gasteiger partial charge in [0.2, 0.25) is 0 Å². The molecule has 0 amide bonds. The molecule has 0 saturated carbocycles. The lowest BCUT2D eigenvalue weighted by Gasteiger charge is -2.27.